The Morgan fingerprint density at radius 2 is 1.96 bits per heavy atom. The Kier molecular flexibility index (Phi) is 6.97. The van der Waals surface area contributed by atoms with E-state index in [1.807, 2.05) is 36.4 Å². The number of rotatable bonds is 5. The van der Waals surface area contributed by atoms with Gasteiger partial charge in [0.05, 0.1) is 0 Å². The molecular formula is C20H22IN3O3S. The fraction of sp³-hybridized carbons (Fsp3) is 0.250. The molecule has 1 atom stereocenters. The van der Waals surface area contributed by atoms with Gasteiger partial charge in [-0.2, -0.15) is 0 Å². The van der Waals surface area contributed by atoms with Crippen LogP contribution in [0.1, 0.15) is 16.5 Å². The van der Waals surface area contributed by atoms with Gasteiger partial charge >= 0.3 is 0 Å². The third-order valence-electron chi connectivity index (χ3n) is 4.36. The zero-order chi connectivity index (χ0) is 18.6. The highest BCUT2D eigenvalue weighted by Gasteiger charge is 2.14. The van der Waals surface area contributed by atoms with Crippen molar-refractivity contribution >= 4 is 51.4 Å². The molecule has 0 saturated carbocycles. The predicted molar refractivity (Wildman–Crippen MR) is 123 cm³/mol. The van der Waals surface area contributed by atoms with E-state index in [1.165, 1.54) is 4.70 Å². The Morgan fingerprint density at radius 1 is 1.14 bits per heavy atom. The molecule has 6 nitrogen and oxygen atoms in total. The molecule has 0 aliphatic carbocycles. The molecule has 2 aromatic carbocycles. The lowest BCUT2D eigenvalue weighted by molar-refractivity contribution is 0.174. The first-order valence-electron chi connectivity index (χ1n) is 8.72. The molecule has 3 N–H and O–H groups in total. The van der Waals surface area contributed by atoms with Crippen molar-refractivity contribution in [2.45, 2.75) is 12.6 Å². The first-order chi connectivity index (χ1) is 13.2. The third-order valence-corrected chi connectivity index (χ3v) is 5.57. The molecule has 0 saturated heterocycles. The van der Waals surface area contributed by atoms with Gasteiger partial charge in [-0.25, -0.2) is 0 Å². The van der Waals surface area contributed by atoms with Crippen LogP contribution in [0.3, 0.4) is 0 Å². The summed E-state index contributed by atoms with van der Waals surface area (Å²) in [5.74, 6) is 2.16. The SMILES string of the molecule is CN=C(NCc1ccc2c(c1)OCO2)NCC(O)c1cc2ccccc2s1.I. The van der Waals surface area contributed by atoms with Crippen LogP contribution in [0, 0.1) is 0 Å². The third kappa shape index (κ3) is 4.68. The van der Waals surface area contributed by atoms with Crippen LogP contribution >= 0.6 is 35.3 Å². The maximum Gasteiger partial charge on any atom is 0.231 e. The van der Waals surface area contributed by atoms with Crippen LogP contribution in [0.2, 0.25) is 0 Å². The summed E-state index contributed by atoms with van der Waals surface area (Å²) in [7, 11) is 1.71. The summed E-state index contributed by atoms with van der Waals surface area (Å²) >= 11 is 1.61. The zero-order valence-corrected chi connectivity index (χ0v) is 18.5. The van der Waals surface area contributed by atoms with Crippen molar-refractivity contribution in [2.75, 3.05) is 20.4 Å². The van der Waals surface area contributed by atoms with Crippen molar-refractivity contribution in [3.63, 3.8) is 0 Å². The summed E-state index contributed by atoms with van der Waals surface area (Å²) in [5.41, 5.74) is 1.06. The molecule has 1 aromatic heterocycles. The normalized spacial score (nSPS) is 13.9. The van der Waals surface area contributed by atoms with Crippen LogP contribution in [-0.4, -0.2) is 31.5 Å². The number of ether oxygens (including phenoxy) is 2. The lowest BCUT2D eigenvalue weighted by Crippen LogP contribution is -2.38. The van der Waals surface area contributed by atoms with E-state index < -0.39 is 6.10 Å². The van der Waals surface area contributed by atoms with Crippen LogP contribution in [0.5, 0.6) is 11.5 Å². The Bertz CT molecular complexity index is 943. The Hall–Kier alpha value is -2.04. The van der Waals surface area contributed by atoms with E-state index in [9.17, 15) is 5.11 Å². The van der Waals surface area contributed by atoms with Gasteiger partial charge in [-0.1, -0.05) is 24.3 Å². The average Bonchev–Trinajstić information content (AvgIpc) is 3.34. The minimum atomic E-state index is -0.591. The number of aliphatic hydroxyl groups is 1. The lowest BCUT2D eigenvalue weighted by atomic mass is 10.2. The summed E-state index contributed by atoms with van der Waals surface area (Å²) in [5, 5.41) is 18.1. The molecule has 1 aliphatic heterocycles. The standard InChI is InChI=1S/C20H21N3O3S.HI/c1-21-20(22-10-13-6-7-16-17(8-13)26-12-25-16)23-11-15(24)19-9-14-4-2-3-5-18(14)27-19;/h2-9,15,24H,10-12H2,1H3,(H2,21,22,23);1H. The highest BCUT2D eigenvalue weighted by molar-refractivity contribution is 14.0. The van der Waals surface area contributed by atoms with E-state index in [-0.39, 0.29) is 30.8 Å². The fourth-order valence-corrected chi connectivity index (χ4v) is 3.97. The van der Waals surface area contributed by atoms with Crippen molar-refractivity contribution in [3.8, 4) is 11.5 Å². The number of hydrogen-bond donors (Lipinski definition) is 3. The van der Waals surface area contributed by atoms with E-state index in [4.69, 9.17) is 9.47 Å². The van der Waals surface area contributed by atoms with E-state index >= 15 is 0 Å². The highest BCUT2D eigenvalue weighted by atomic mass is 127. The molecule has 2 heterocycles. The topological polar surface area (TPSA) is 75.1 Å². The van der Waals surface area contributed by atoms with Crippen molar-refractivity contribution in [1.29, 1.82) is 0 Å². The molecule has 0 radical (unpaired) electrons. The summed E-state index contributed by atoms with van der Waals surface area (Å²) in [6.45, 7) is 1.24. The molecule has 1 aliphatic rings. The number of thiophene rings is 1. The van der Waals surface area contributed by atoms with Gasteiger partial charge in [0.2, 0.25) is 6.79 Å². The van der Waals surface area contributed by atoms with Gasteiger partial charge in [-0.3, -0.25) is 4.99 Å². The second-order valence-electron chi connectivity index (χ2n) is 6.20. The van der Waals surface area contributed by atoms with Gasteiger partial charge in [0.15, 0.2) is 17.5 Å². The second-order valence-corrected chi connectivity index (χ2v) is 7.31. The number of halogens is 1. The molecule has 148 valence electrons. The van der Waals surface area contributed by atoms with Gasteiger partial charge < -0.3 is 25.2 Å². The maximum absolute atomic E-state index is 10.5. The molecule has 0 fully saturated rings. The van der Waals surface area contributed by atoms with Crippen LogP contribution in [0.4, 0.5) is 0 Å². The number of guanidine groups is 1. The number of nitrogens with zero attached hydrogens (tertiary/aromatic N) is 1. The number of aliphatic imine (C=N–C) groups is 1. The first kappa shape index (κ1) is 20.7. The average molecular weight is 511 g/mol. The summed E-state index contributed by atoms with van der Waals surface area (Å²) < 4.78 is 11.9. The van der Waals surface area contributed by atoms with E-state index in [1.54, 1.807) is 18.4 Å². The summed E-state index contributed by atoms with van der Waals surface area (Å²) in [6.07, 6.45) is -0.591. The molecule has 0 bridgehead atoms. The maximum atomic E-state index is 10.5. The monoisotopic (exact) mass is 511 g/mol. The van der Waals surface area contributed by atoms with E-state index in [0.717, 1.165) is 27.3 Å². The molecule has 28 heavy (non-hydrogen) atoms. The van der Waals surface area contributed by atoms with E-state index in [2.05, 4.69) is 27.8 Å². The van der Waals surface area contributed by atoms with Crippen LogP contribution in [0.25, 0.3) is 10.1 Å². The fourth-order valence-electron chi connectivity index (χ4n) is 2.92. The van der Waals surface area contributed by atoms with E-state index in [0.29, 0.717) is 19.0 Å². The van der Waals surface area contributed by atoms with Crippen LogP contribution in [0.15, 0.2) is 53.5 Å². The predicted octanol–water partition coefficient (Wildman–Crippen LogP) is 3.65. The molecule has 8 heteroatoms. The van der Waals surface area contributed by atoms with Crippen LogP contribution < -0.4 is 20.1 Å². The van der Waals surface area contributed by atoms with Crippen molar-refractivity contribution < 1.29 is 14.6 Å². The van der Waals surface area contributed by atoms with Gasteiger partial charge in [-0.15, -0.1) is 35.3 Å². The Balaban J connectivity index is 0.00000225. The minimum absolute atomic E-state index is 0. The summed E-state index contributed by atoms with van der Waals surface area (Å²) in [4.78, 5) is 5.15. The number of hydrogen-bond acceptors (Lipinski definition) is 5. The zero-order valence-electron chi connectivity index (χ0n) is 15.3. The molecular weight excluding hydrogens is 489 g/mol. The molecule has 3 aromatic rings. The minimum Gasteiger partial charge on any atom is -0.454 e. The Labute approximate surface area is 184 Å². The number of nitrogens with one attached hydrogen (secondary N) is 2. The van der Waals surface area contributed by atoms with Gasteiger partial charge in [-0.05, 0) is 35.2 Å². The largest absolute Gasteiger partial charge is 0.454 e. The quantitative estimate of drug-likeness (QED) is 0.277. The second kappa shape index (κ2) is 9.44. The van der Waals surface area contributed by atoms with Gasteiger partial charge in [0, 0.05) is 29.7 Å². The van der Waals surface area contributed by atoms with Crippen LogP contribution in [-0.2, 0) is 6.54 Å². The highest BCUT2D eigenvalue weighted by Crippen LogP contribution is 2.32. The van der Waals surface area contributed by atoms with Gasteiger partial charge in [0.25, 0.3) is 0 Å². The summed E-state index contributed by atoms with van der Waals surface area (Å²) in [6, 6.07) is 16.0. The van der Waals surface area contributed by atoms with Crippen molar-refractivity contribution in [2.24, 2.45) is 4.99 Å². The smallest absolute Gasteiger partial charge is 0.231 e. The number of aliphatic hydroxyl groups excluding tert-OH is 1. The van der Waals surface area contributed by atoms with Crippen molar-refractivity contribution in [3.05, 3.63) is 59.0 Å². The molecule has 0 spiro atoms. The lowest BCUT2D eigenvalue weighted by Gasteiger charge is -2.14. The number of fused-ring (bicyclic) bond motifs is 2. The first-order valence-corrected chi connectivity index (χ1v) is 9.54. The number of benzene rings is 2. The van der Waals surface area contributed by atoms with Crippen molar-refractivity contribution in [1.82, 2.24) is 10.6 Å². The molecule has 4 rings (SSSR count). The molecule has 0 amide bonds. The molecule has 1 unspecified atom stereocenters. The Morgan fingerprint density at radius 3 is 2.79 bits per heavy atom. The van der Waals surface area contributed by atoms with Gasteiger partial charge in [0.1, 0.15) is 6.10 Å².